The molecule has 1 aliphatic rings. The molecule has 0 radical (unpaired) electrons. The van der Waals surface area contributed by atoms with Crippen LogP contribution in [0.5, 0.6) is 0 Å². The number of aryl methyl sites for hydroxylation is 2. The predicted octanol–water partition coefficient (Wildman–Crippen LogP) is 0.465. The molecule has 0 heterocycles. The maximum absolute atomic E-state index is 11.8. The van der Waals surface area contributed by atoms with Crippen LogP contribution in [-0.4, -0.2) is 49.9 Å². The summed E-state index contributed by atoms with van der Waals surface area (Å²) >= 11 is 0. The number of carbonyl (C=O) groups excluding carboxylic acids is 3. The highest BCUT2D eigenvalue weighted by atomic mass is 16.5. The van der Waals surface area contributed by atoms with Gasteiger partial charge in [-0.2, -0.15) is 0 Å². The van der Waals surface area contributed by atoms with Crippen molar-refractivity contribution in [3.8, 4) is 0 Å². The summed E-state index contributed by atoms with van der Waals surface area (Å²) in [5.74, 6) is -1.15. The monoisotopic (exact) mass is 318 g/mol. The fourth-order valence-electron chi connectivity index (χ4n) is 2.48. The summed E-state index contributed by atoms with van der Waals surface area (Å²) in [5.41, 5.74) is 3.56. The lowest BCUT2D eigenvalue weighted by molar-refractivity contribution is -0.148. The summed E-state index contributed by atoms with van der Waals surface area (Å²) in [7, 11) is 3.20. The third kappa shape index (κ3) is 5.09. The van der Waals surface area contributed by atoms with E-state index in [1.54, 1.807) is 14.1 Å². The van der Waals surface area contributed by atoms with Gasteiger partial charge in [-0.1, -0.05) is 18.2 Å². The van der Waals surface area contributed by atoms with E-state index in [0.717, 1.165) is 24.8 Å². The highest BCUT2D eigenvalue weighted by molar-refractivity contribution is 5.86. The zero-order valence-corrected chi connectivity index (χ0v) is 13.6. The summed E-state index contributed by atoms with van der Waals surface area (Å²) in [5, 5.41) is 2.41. The van der Waals surface area contributed by atoms with Crippen LogP contribution in [0.3, 0.4) is 0 Å². The second-order valence-electron chi connectivity index (χ2n) is 5.86. The fraction of sp³-hybridized carbons (Fsp3) is 0.471. The molecule has 6 heteroatoms. The van der Waals surface area contributed by atoms with Crippen LogP contribution in [0.4, 0.5) is 0 Å². The van der Waals surface area contributed by atoms with Gasteiger partial charge in [-0.15, -0.1) is 0 Å². The molecule has 0 atom stereocenters. The molecule has 23 heavy (non-hydrogen) atoms. The van der Waals surface area contributed by atoms with Gasteiger partial charge in [0.25, 0.3) is 5.91 Å². The van der Waals surface area contributed by atoms with E-state index in [2.05, 4.69) is 11.4 Å². The van der Waals surface area contributed by atoms with E-state index < -0.39 is 11.9 Å². The Kier molecular flexibility index (Phi) is 5.73. The molecule has 2 amide bonds. The number of benzene rings is 1. The van der Waals surface area contributed by atoms with Crippen molar-refractivity contribution in [2.45, 2.75) is 25.7 Å². The van der Waals surface area contributed by atoms with Crippen molar-refractivity contribution in [3.05, 3.63) is 34.9 Å². The van der Waals surface area contributed by atoms with Crippen LogP contribution in [-0.2, 0) is 38.4 Å². The quantitative estimate of drug-likeness (QED) is 0.774. The van der Waals surface area contributed by atoms with Gasteiger partial charge in [0.05, 0.1) is 13.0 Å². The molecule has 0 unspecified atom stereocenters. The van der Waals surface area contributed by atoms with Gasteiger partial charge in [-0.05, 0) is 36.0 Å². The van der Waals surface area contributed by atoms with E-state index in [4.69, 9.17) is 4.74 Å². The minimum Gasteiger partial charge on any atom is -0.455 e. The Morgan fingerprint density at radius 1 is 1.17 bits per heavy atom. The fourth-order valence-corrected chi connectivity index (χ4v) is 2.48. The van der Waals surface area contributed by atoms with Crippen molar-refractivity contribution in [2.24, 2.45) is 0 Å². The Labute approximate surface area is 135 Å². The molecule has 1 aromatic rings. The molecule has 0 saturated heterocycles. The molecule has 124 valence electrons. The topological polar surface area (TPSA) is 75.7 Å². The maximum Gasteiger partial charge on any atom is 0.310 e. The van der Waals surface area contributed by atoms with Crippen molar-refractivity contribution < 1.29 is 19.1 Å². The van der Waals surface area contributed by atoms with Crippen LogP contribution in [0, 0.1) is 0 Å². The number of likely N-dealkylation sites (N-methyl/N-ethyl adjacent to an activating group) is 1. The zero-order valence-electron chi connectivity index (χ0n) is 13.6. The van der Waals surface area contributed by atoms with Crippen molar-refractivity contribution in [3.63, 3.8) is 0 Å². The molecule has 1 N–H and O–H groups in total. The SMILES string of the molecule is CN(C)C(=O)CNC(=O)COC(=O)Cc1ccc2c(c1)CCC2. The molecule has 1 aromatic carbocycles. The highest BCUT2D eigenvalue weighted by Gasteiger charge is 2.14. The zero-order chi connectivity index (χ0) is 16.8. The number of hydrogen-bond acceptors (Lipinski definition) is 4. The Bertz CT molecular complexity index is 611. The van der Waals surface area contributed by atoms with E-state index >= 15 is 0 Å². The van der Waals surface area contributed by atoms with Crippen LogP contribution in [0.2, 0.25) is 0 Å². The van der Waals surface area contributed by atoms with Gasteiger partial charge in [-0.25, -0.2) is 0 Å². The number of fused-ring (bicyclic) bond motifs is 1. The number of amides is 2. The second-order valence-corrected chi connectivity index (χ2v) is 5.86. The summed E-state index contributed by atoms with van der Waals surface area (Å²) in [6.45, 7) is -0.474. The minimum atomic E-state index is -0.484. The first-order valence-electron chi connectivity index (χ1n) is 7.69. The Hall–Kier alpha value is -2.37. The molecule has 6 nitrogen and oxygen atoms in total. The molecule has 0 bridgehead atoms. The summed E-state index contributed by atoms with van der Waals surface area (Å²) in [4.78, 5) is 36.0. The first-order valence-corrected chi connectivity index (χ1v) is 7.69. The highest BCUT2D eigenvalue weighted by Crippen LogP contribution is 2.23. The minimum absolute atomic E-state index is 0.103. The maximum atomic E-state index is 11.8. The molecular weight excluding hydrogens is 296 g/mol. The molecule has 0 aromatic heterocycles. The summed E-state index contributed by atoms with van der Waals surface area (Å²) in [6, 6.07) is 6.03. The van der Waals surface area contributed by atoms with Gasteiger partial charge >= 0.3 is 5.97 Å². The standard InChI is InChI=1S/C17H22N2O4/c1-19(2)16(21)10-18-15(20)11-23-17(22)9-12-6-7-13-4-3-5-14(13)8-12/h6-8H,3-5,9-11H2,1-2H3,(H,18,20). The number of esters is 1. The first-order chi connectivity index (χ1) is 11.0. The molecule has 0 saturated carbocycles. The van der Waals surface area contributed by atoms with Gasteiger partial charge < -0.3 is 15.0 Å². The van der Waals surface area contributed by atoms with Gasteiger partial charge in [0, 0.05) is 14.1 Å². The number of nitrogens with zero attached hydrogens (tertiary/aromatic N) is 1. The lowest BCUT2D eigenvalue weighted by Crippen LogP contribution is -2.38. The van der Waals surface area contributed by atoms with Gasteiger partial charge in [0.2, 0.25) is 5.91 Å². The van der Waals surface area contributed by atoms with Crippen LogP contribution in [0.15, 0.2) is 18.2 Å². The average Bonchev–Trinajstić information content (AvgIpc) is 2.98. The lowest BCUT2D eigenvalue weighted by Gasteiger charge is -2.11. The summed E-state index contributed by atoms with van der Waals surface area (Å²) < 4.78 is 4.94. The molecule has 0 aliphatic heterocycles. The smallest absolute Gasteiger partial charge is 0.310 e. The normalized spacial score (nSPS) is 12.4. The van der Waals surface area contributed by atoms with Crippen LogP contribution in [0.1, 0.15) is 23.1 Å². The number of carbonyl (C=O) groups is 3. The lowest BCUT2D eigenvalue weighted by atomic mass is 10.0. The molecule has 2 rings (SSSR count). The Morgan fingerprint density at radius 3 is 2.65 bits per heavy atom. The van der Waals surface area contributed by atoms with Crippen molar-refractivity contribution >= 4 is 17.8 Å². The number of hydrogen-bond donors (Lipinski definition) is 1. The van der Waals surface area contributed by atoms with Crippen LogP contribution < -0.4 is 5.32 Å². The van der Waals surface area contributed by atoms with Crippen molar-refractivity contribution in [1.82, 2.24) is 10.2 Å². The van der Waals surface area contributed by atoms with Gasteiger partial charge in [0.1, 0.15) is 0 Å². The van der Waals surface area contributed by atoms with E-state index in [1.165, 1.54) is 16.0 Å². The number of nitrogens with one attached hydrogen (secondary N) is 1. The first kappa shape index (κ1) is 17.0. The van der Waals surface area contributed by atoms with E-state index in [0.29, 0.717) is 0 Å². The molecular formula is C17H22N2O4. The number of rotatable bonds is 6. The third-order valence-electron chi connectivity index (χ3n) is 3.81. The van der Waals surface area contributed by atoms with E-state index in [-0.39, 0.29) is 25.5 Å². The molecule has 0 spiro atoms. The average molecular weight is 318 g/mol. The molecule has 0 fully saturated rings. The number of ether oxygens (including phenoxy) is 1. The van der Waals surface area contributed by atoms with Gasteiger partial charge in [0.15, 0.2) is 6.61 Å². The Morgan fingerprint density at radius 2 is 1.91 bits per heavy atom. The molecule has 1 aliphatic carbocycles. The van der Waals surface area contributed by atoms with Gasteiger partial charge in [-0.3, -0.25) is 14.4 Å². The van der Waals surface area contributed by atoms with E-state index in [9.17, 15) is 14.4 Å². The largest absolute Gasteiger partial charge is 0.455 e. The summed E-state index contributed by atoms with van der Waals surface area (Å²) in [6.07, 6.45) is 3.47. The second kappa shape index (κ2) is 7.76. The van der Waals surface area contributed by atoms with Crippen molar-refractivity contribution in [1.29, 1.82) is 0 Å². The van der Waals surface area contributed by atoms with E-state index in [1.807, 2.05) is 12.1 Å². The Balaban J connectivity index is 1.72. The van der Waals surface area contributed by atoms with Crippen molar-refractivity contribution in [2.75, 3.05) is 27.2 Å². The van der Waals surface area contributed by atoms with Crippen LogP contribution in [0.25, 0.3) is 0 Å². The van der Waals surface area contributed by atoms with Crippen LogP contribution >= 0.6 is 0 Å². The third-order valence-corrected chi connectivity index (χ3v) is 3.81. The predicted molar refractivity (Wildman–Crippen MR) is 84.8 cm³/mol.